The third-order valence-electron chi connectivity index (χ3n) is 5.51. The lowest BCUT2D eigenvalue weighted by Crippen LogP contribution is -2.53. The van der Waals surface area contributed by atoms with E-state index in [0.717, 1.165) is 25.7 Å². The zero-order chi connectivity index (χ0) is 18.0. The van der Waals surface area contributed by atoms with Crippen molar-refractivity contribution in [1.82, 2.24) is 19.9 Å². The number of pyridine rings is 1. The van der Waals surface area contributed by atoms with Gasteiger partial charge in [-0.3, -0.25) is 9.78 Å². The molecule has 2 aromatic heterocycles. The third-order valence-corrected chi connectivity index (χ3v) is 5.51. The van der Waals surface area contributed by atoms with Crippen LogP contribution in [0, 0.1) is 0 Å². The van der Waals surface area contributed by atoms with Gasteiger partial charge in [0.25, 0.3) is 5.91 Å². The Bertz CT molecular complexity index is 758. The van der Waals surface area contributed by atoms with E-state index < -0.39 is 0 Å². The summed E-state index contributed by atoms with van der Waals surface area (Å²) in [6.07, 6.45) is 9.64. The molecular weight excluding hydrogens is 332 g/mol. The Balaban J connectivity index is 1.54. The number of hydrogen-bond acceptors (Lipinski definition) is 6. The van der Waals surface area contributed by atoms with Crippen LogP contribution in [0.4, 0.5) is 0 Å². The van der Waals surface area contributed by atoms with Crippen molar-refractivity contribution in [2.24, 2.45) is 0 Å². The minimum atomic E-state index is -0.304. The average Bonchev–Trinajstić information content (AvgIpc) is 3.08. The van der Waals surface area contributed by atoms with E-state index in [9.17, 15) is 4.79 Å². The maximum absolute atomic E-state index is 12.9. The number of amides is 1. The van der Waals surface area contributed by atoms with Crippen molar-refractivity contribution in [3.05, 3.63) is 48.7 Å². The Morgan fingerprint density at radius 2 is 2.15 bits per heavy atom. The van der Waals surface area contributed by atoms with Crippen LogP contribution in [0.15, 0.2) is 43.0 Å². The second-order valence-electron chi connectivity index (χ2n) is 6.81. The largest absolute Gasteiger partial charge is 0.474 e. The quantitative estimate of drug-likeness (QED) is 0.837. The maximum Gasteiger partial charge on any atom is 0.274 e. The Kier molecular flexibility index (Phi) is 4.55. The number of fused-ring (bicyclic) bond motifs is 1. The van der Waals surface area contributed by atoms with Gasteiger partial charge in [0.1, 0.15) is 11.8 Å². The van der Waals surface area contributed by atoms with Crippen LogP contribution in [-0.4, -0.2) is 57.2 Å². The summed E-state index contributed by atoms with van der Waals surface area (Å²) >= 11 is 0. The number of likely N-dealkylation sites (tertiary alicyclic amines) is 1. The number of hydrogen-bond donors (Lipinski definition) is 0. The molecule has 0 aromatic carbocycles. The number of carbonyl (C=O) groups is 1. The Morgan fingerprint density at radius 1 is 1.23 bits per heavy atom. The highest BCUT2D eigenvalue weighted by molar-refractivity contribution is 5.92. The summed E-state index contributed by atoms with van der Waals surface area (Å²) in [4.78, 5) is 27.2. The number of aromatic nitrogens is 3. The highest BCUT2D eigenvalue weighted by Gasteiger charge is 2.53. The van der Waals surface area contributed by atoms with Crippen LogP contribution in [0.1, 0.15) is 36.2 Å². The molecule has 0 spiro atoms. The summed E-state index contributed by atoms with van der Waals surface area (Å²) in [5.41, 5.74) is 0.0640. The Labute approximate surface area is 152 Å². The zero-order valence-corrected chi connectivity index (χ0v) is 14.7. The smallest absolute Gasteiger partial charge is 0.274 e. The van der Waals surface area contributed by atoms with Gasteiger partial charge in [-0.05, 0) is 25.3 Å². The van der Waals surface area contributed by atoms with E-state index in [1.165, 1.54) is 6.20 Å². The fourth-order valence-corrected chi connectivity index (χ4v) is 4.16. The summed E-state index contributed by atoms with van der Waals surface area (Å²) in [6, 6.07) is 5.59. The van der Waals surface area contributed by atoms with Crippen LogP contribution < -0.4 is 4.74 Å². The first-order valence-corrected chi connectivity index (χ1v) is 8.92. The molecule has 3 atom stereocenters. The molecule has 7 nitrogen and oxygen atoms in total. The molecule has 7 heteroatoms. The standard InChI is InChI=1S/C19H22N4O3/c1-25-19-6-5-14(26-17-4-2-3-8-22-17)12-16(19)23(11-7-19)18(24)15-13-20-9-10-21-15/h2-4,8-10,13-14,16H,5-7,11-12H2,1H3/t14-,16+,19-/m1/s1. The molecule has 26 heavy (non-hydrogen) atoms. The van der Waals surface area contributed by atoms with Gasteiger partial charge in [-0.2, -0.15) is 0 Å². The van der Waals surface area contributed by atoms with E-state index in [2.05, 4.69) is 15.0 Å². The fraction of sp³-hybridized carbons (Fsp3) is 0.474. The van der Waals surface area contributed by atoms with Gasteiger partial charge >= 0.3 is 0 Å². The molecule has 2 aromatic rings. The van der Waals surface area contributed by atoms with Gasteiger partial charge in [0, 0.05) is 44.7 Å². The van der Waals surface area contributed by atoms with Crippen molar-refractivity contribution in [3.63, 3.8) is 0 Å². The predicted molar refractivity (Wildman–Crippen MR) is 93.7 cm³/mol. The molecule has 0 N–H and O–H groups in total. The molecule has 136 valence electrons. The molecule has 0 unspecified atom stereocenters. The topological polar surface area (TPSA) is 77.4 Å². The van der Waals surface area contributed by atoms with Crippen molar-refractivity contribution < 1.29 is 14.3 Å². The number of rotatable bonds is 4. The van der Waals surface area contributed by atoms with Crippen molar-refractivity contribution in [2.45, 2.75) is 43.4 Å². The molecule has 1 amide bonds. The van der Waals surface area contributed by atoms with E-state index in [1.54, 1.807) is 25.7 Å². The van der Waals surface area contributed by atoms with Gasteiger partial charge in [-0.25, -0.2) is 9.97 Å². The van der Waals surface area contributed by atoms with E-state index >= 15 is 0 Å². The highest BCUT2D eigenvalue weighted by Crippen LogP contribution is 2.43. The van der Waals surface area contributed by atoms with Crippen LogP contribution in [0.2, 0.25) is 0 Å². The molecule has 2 aliphatic rings. The van der Waals surface area contributed by atoms with Gasteiger partial charge in [-0.1, -0.05) is 6.07 Å². The van der Waals surface area contributed by atoms with E-state index in [0.29, 0.717) is 18.1 Å². The highest BCUT2D eigenvalue weighted by atomic mass is 16.5. The molecule has 1 aliphatic heterocycles. The SMILES string of the molecule is CO[C@@]12CC[C@@H](Oc3ccccn3)C[C@@H]1N(C(=O)c1cnccn1)CC2. The van der Waals surface area contributed by atoms with E-state index in [4.69, 9.17) is 9.47 Å². The summed E-state index contributed by atoms with van der Waals surface area (Å²) in [5.74, 6) is 0.521. The Hall–Kier alpha value is -2.54. The molecule has 0 bridgehead atoms. The van der Waals surface area contributed by atoms with Crippen molar-refractivity contribution in [2.75, 3.05) is 13.7 Å². The number of methoxy groups -OCH3 is 1. The van der Waals surface area contributed by atoms with Gasteiger partial charge < -0.3 is 14.4 Å². The fourth-order valence-electron chi connectivity index (χ4n) is 4.16. The van der Waals surface area contributed by atoms with E-state index in [1.807, 2.05) is 23.1 Å². The summed E-state index contributed by atoms with van der Waals surface area (Å²) in [7, 11) is 1.74. The van der Waals surface area contributed by atoms with Crippen LogP contribution >= 0.6 is 0 Å². The van der Waals surface area contributed by atoms with Crippen LogP contribution in [0.3, 0.4) is 0 Å². The number of carbonyl (C=O) groups excluding carboxylic acids is 1. The molecule has 1 saturated carbocycles. The second kappa shape index (κ2) is 6.99. The van der Waals surface area contributed by atoms with Gasteiger partial charge in [-0.15, -0.1) is 0 Å². The zero-order valence-electron chi connectivity index (χ0n) is 14.7. The molecule has 0 radical (unpaired) electrons. The van der Waals surface area contributed by atoms with Crippen molar-refractivity contribution >= 4 is 5.91 Å². The molecule has 1 saturated heterocycles. The molecular formula is C19H22N4O3. The lowest BCUT2D eigenvalue weighted by molar-refractivity contribution is -0.0789. The molecule has 2 fully saturated rings. The normalized spacial score (nSPS) is 27.8. The lowest BCUT2D eigenvalue weighted by atomic mass is 9.79. The third kappa shape index (κ3) is 3.03. The summed E-state index contributed by atoms with van der Waals surface area (Å²) < 4.78 is 12.0. The average molecular weight is 354 g/mol. The van der Waals surface area contributed by atoms with Gasteiger partial charge in [0.15, 0.2) is 0 Å². The molecule has 1 aliphatic carbocycles. The monoisotopic (exact) mass is 354 g/mol. The van der Waals surface area contributed by atoms with E-state index in [-0.39, 0.29) is 23.7 Å². The van der Waals surface area contributed by atoms with Gasteiger partial charge in [0.05, 0.1) is 17.8 Å². The first kappa shape index (κ1) is 16.9. The maximum atomic E-state index is 12.9. The van der Waals surface area contributed by atoms with Crippen molar-refractivity contribution in [1.29, 1.82) is 0 Å². The van der Waals surface area contributed by atoms with Crippen LogP contribution in [0.5, 0.6) is 5.88 Å². The number of nitrogens with zero attached hydrogens (tertiary/aromatic N) is 4. The minimum absolute atomic E-state index is 0.00781. The van der Waals surface area contributed by atoms with Crippen molar-refractivity contribution in [3.8, 4) is 5.88 Å². The molecule has 4 rings (SSSR count). The first-order valence-electron chi connectivity index (χ1n) is 8.92. The predicted octanol–water partition coefficient (Wildman–Crippen LogP) is 2.10. The Morgan fingerprint density at radius 3 is 2.88 bits per heavy atom. The second-order valence-corrected chi connectivity index (χ2v) is 6.81. The first-order chi connectivity index (χ1) is 12.7. The summed E-state index contributed by atoms with van der Waals surface area (Å²) in [6.45, 7) is 0.657. The minimum Gasteiger partial charge on any atom is -0.474 e. The molecule has 3 heterocycles. The van der Waals surface area contributed by atoms with Crippen LogP contribution in [-0.2, 0) is 4.74 Å². The van der Waals surface area contributed by atoms with Gasteiger partial charge in [0.2, 0.25) is 5.88 Å². The summed E-state index contributed by atoms with van der Waals surface area (Å²) in [5, 5.41) is 0. The van der Waals surface area contributed by atoms with Crippen LogP contribution in [0.25, 0.3) is 0 Å². The lowest BCUT2D eigenvalue weighted by Gasteiger charge is -2.43. The number of ether oxygens (including phenoxy) is 2.